The highest BCUT2D eigenvalue weighted by Crippen LogP contribution is 2.22. The standard InChI is InChI=1S/C12H16FN3O/c1-8-7-16(5-4-15-8)11-3-2-9(13)6-10(11)12(14)17/h2-3,6,8,15H,4-5,7H2,1H3,(H2,14,17)/t8-/m0/s1. The van der Waals surface area contributed by atoms with Crippen molar-refractivity contribution in [2.24, 2.45) is 5.73 Å². The third-order valence-electron chi connectivity index (χ3n) is 2.93. The largest absolute Gasteiger partial charge is 0.368 e. The van der Waals surface area contributed by atoms with Gasteiger partial charge in [-0.25, -0.2) is 4.39 Å². The first-order valence-electron chi connectivity index (χ1n) is 5.65. The van der Waals surface area contributed by atoms with Crippen LogP contribution in [0.15, 0.2) is 18.2 Å². The molecule has 0 radical (unpaired) electrons. The second-order valence-electron chi connectivity index (χ2n) is 4.33. The van der Waals surface area contributed by atoms with E-state index in [1.54, 1.807) is 6.07 Å². The van der Waals surface area contributed by atoms with Crippen LogP contribution < -0.4 is 16.0 Å². The van der Waals surface area contributed by atoms with Gasteiger partial charge in [-0.05, 0) is 25.1 Å². The number of carbonyl (C=O) groups is 1. The van der Waals surface area contributed by atoms with Crippen LogP contribution >= 0.6 is 0 Å². The number of nitrogens with two attached hydrogens (primary N) is 1. The van der Waals surface area contributed by atoms with Gasteiger partial charge in [-0.15, -0.1) is 0 Å². The van der Waals surface area contributed by atoms with Crippen molar-refractivity contribution in [1.82, 2.24) is 5.32 Å². The number of rotatable bonds is 2. The lowest BCUT2D eigenvalue weighted by Crippen LogP contribution is -2.49. The zero-order valence-electron chi connectivity index (χ0n) is 9.74. The van der Waals surface area contributed by atoms with Crippen LogP contribution in [0, 0.1) is 5.82 Å². The summed E-state index contributed by atoms with van der Waals surface area (Å²) in [6.07, 6.45) is 0. The van der Waals surface area contributed by atoms with Crippen LogP contribution in [-0.4, -0.2) is 31.6 Å². The summed E-state index contributed by atoms with van der Waals surface area (Å²) in [7, 11) is 0. The number of carbonyl (C=O) groups excluding carboxylic acids is 1. The Bertz CT molecular complexity index is 436. The Balaban J connectivity index is 2.33. The van der Waals surface area contributed by atoms with Crippen molar-refractivity contribution in [1.29, 1.82) is 0 Å². The average Bonchev–Trinajstić information content (AvgIpc) is 2.28. The first-order chi connectivity index (χ1) is 8.08. The van der Waals surface area contributed by atoms with Gasteiger partial charge in [0.25, 0.3) is 5.91 Å². The Morgan fingerprint density at radius 2 is 2.35 bits per heavy atom. The van der Waals surface area contributed by atoms with E-state index in [1.165, 1.54) is 12.1 Å². The van der Waals surface area contributed by atoms with Crippen LogP contribution in [0.25, 0.3) is 0 Å². The Hall–Kier alpha value is -1.62. The van der Waals surface area contributed by atoms with Gasteiger partial charge in [-0.3, -0.25) is 4.79 Å². The number of nitrogens with one attached hydrogen (secondary N) is 1. The summed E-state index contributed by atoms with van der Waals surface area (Å²) in [5, 5.41) is 3.31. The fourth-order valence-corrected chi connectivity index (χ4v) is 2.13. The quantitative estimate of drug-likeness (QED) is 0.797. The van der Waals surface area contributed by atoms with Crippen LogP contribution in [0.4, 0.5) is 10.1 Å². The second-order valence-corrected chi connectivity index (χ2v) is 4.33. The Kier molecular flexibility index (Phi) is 3.28. The summed E-state index contributed by atoms with van der Waals surface area (Å²) < 4.78 is 13.1. The minimum atomic E-state index is -0.592. The van der Waals surface area contributed by atoms with E-state index >= 15 is 0 Å². The topological polar surface area (TPSA) is 58.4 Å². The molecular weight excluding hydrogens is 221 g/mol. The normalized spacial score (nSPS) is 20.4. The van der Waals surface area contributed by atoms with E-state index in [9.17, 15) is 9.18 Å². The van der Waals surface area contributed by atoms with Crippen molar-refractivity contribution in [2.45, 2.75) is 13.0 Å². The molecule has 4 nitrogen and oxygen atoms in total. The third kappa shape index (κ3) is 2.55. The number of benzene rings is 1. The average molecular weight is 237 g/mol. The number of primary amides is 1. The van der Waals surface area contributed by atoms with Crippen molar-refractivity contribution in [3.63, 3.8) is 0 Å². The molecule has 0 bridgehead atoms. The molecule has 1 fully saturated rings. The minimum Gasteiger partial charge on any atom is -0.368 e. The summed E-state index contributed by atoms with van der Waals surface area (Å²) in [5.41, 5.74) is 6.24. The van der Waals surface area contributed by atoms with Gasteiger partial charge in [-0.1, -0.05) is 0 Å². The molecule has 0 aliphatic carbocycles. The highest BCUT2D eigenvalue weighted by molar-refractivity contribution is 5.98. The number of amides is 1. The maximum atomic E-state index is 13.1. The molecule has 1 aromatic carbocycles. The molecule has 1 aliphatic rings. The van der Waals surface area contributed by atoms with Gasteiger partial charge in [0.1, 0.15) is 5.82 Å². The number of hydrogen-bond donors (Lipinski definition) is 2. The zero-order valence-corrected chi connectivity index (χ0v) is 9.74. The summed E-state index contributed by atoms with van der Waals surface area (Å²) in [4.78, 5) is 13.4. The van der Waals surface area contributed by atoms with E-state index in [4.69, 9.17) is 5.73 Å². The molecule has 1 aromatic rings. The van der Waals surface area contributed by atoms with Crippen molar-refractivity contribution in [3.05, 3.63) is 29.6 Å². The van der Waals surface area contributed by atoms with Crippen molar-refractivity contribution in [2.75, 3.05) is 24.5 Å². The number of nitrogens with zero attached hydrogens (tertiary/aromatic N) is 1. The molecule has 17 heavy (non-hydrogen) atoms. The highest BCUT2D eigenvalue weighted by atomic mass is 19.1. The first-order valence-corrected chi connectivity index (χ1v) is 5.65. The van der Waals surface area contributed by atoms with Crippen LogP contribution in [-0.2, 0) is 0 Å². The number of anilines is 1. The van der Waals surface area contributed by atoms with E-state index < -0.39 is 11.7 Å². The zero-order chi connectivity index (χ0) is 12.4. The van der Waals surface area contributed by atoms with E-state index in [-0.39, 0.29) is 5.56 Å². The van der Waals surface area contributed by atoms with Crippen LogP contribution in [0.1, 0.15) is 17.3 Å². The SMILES string of the molecule is C[C@H]1CN(c2ccc(F)cc2C(N)=O)CCN1. The maximum absolute atomic E-state index is 13.1. The number of halogens is 1. The van der Waals surface area contributed by atoms with Gasteiger partial charge in [0.2, 0.25) is 0 Å². The first kappa shape index (κ1) is 11.9. The molecule has 3 N–H and O–H groups in total. The van der Waals surface area contributed by atoms with Gasteiger partial charge in [0, 0.05) is 31.4 Å². The van der Waals surface area contributed by atoms with E-state index in [0.717, 1.165) is 19.6 Å². The number of hydrogen-bond acceptors (Lipinski definition) is 3. The molecule has 1 amide bonds. The summed E-state index contributed by atoms with van der Waals surface area (Å²) in [6.45, 7) is 4.48. The summed E-state index contributed by atoms with van der Waals surface area (Å²) in [5.74, 6) is -1.03. The molecule has 0 spiro atoms. The van der Waals surface area contributed by atoms with Gasteiger partial charge in [0.05, 0.1) is 5.56 Å². The fourth-order valence-electron chi connectivity index (χ4n) is 2.13. The Morgan fingerprint density at radius 3 is 3.00 bits per heavy atom. The van der Waals surface area contributed by atoms with Gasteiger partial charge >= 0.3 is 0 Å². The molecule has 1 atom stereocenters. The van der Waals surface area contributed by atoms with E-state index in [0.29, 0.717) is 11.7 Å². The molecule has 92 valence electrons. The summed E-state index contributed by atoms with van der Waals surface area (Å²) >= 11 is 0. The Morgan fingerprint density at radius 1 is 1.59 bits per heavy atom. The maximum Gasteiger partial charge on any atom is 0.250 e. The third-order valence-corrected chi connectivity index (χ3v) is 2.93. The van der Waals surface area contributed by atoms with Crippen molar-refractivity contribution in [3.8, 4) is 0 Å². The molecule has 1 saturated heterocycles. The van der Waals surface area contributed by atoms with Crippen molar-refractivity contribution < 1.29 is 9.18 Å². The fraction of sp³-hybridized carbons (Fsp3) is 0.417. The van der Waals surface area contributed by atoms with Crippen molar-refractivity contribution >= 4 is 11.6 Å². The van der Waals surface area contributed by atoms with Crippen LogP contribution in [0.2, 0.25) is 0 Å². The minimum absolute atomic E-state index is 0.249. The molecule has 1 heterocycles. The molecule has 1 aliphatic heterocycles. The molecule has 2 rings (SSSR count). The summed E-state index contributed by atoms with van der Waals surface area (Å²) in [6, 6.07) is 4.52. The van der Waals surface area contributed by atoms with Gasteiger partial charge in [0.15, 0.2) is 0 Å². The lowest BCUT2D eigenvalue weighted by Gasteiger charge is -2.34. The van der Waals surface area contributed by atoms with Crippen LogP contribution in [0.3, 0.4) is 0 Å². The molecule has 0 aromatic heterocycles. The van der Waals surface area contributed by atoms with Gasteiger partial charge < -0.3 is 16.0 Å². The molecule has 0 unspecified atom stereocenters. The van der Waals surface area contributed by atoms with Crippen LogP contribution in [0.5, 0.6) is 0 Å². The smallest absolute Gasteiger partial charge is 0.250 e. The molecule has 5 heteroatoms. The second kappa shape index (κ2) is 4.71. The van der Waals surface area contributed by atoms with E-state index in [1.807, 2.05) is 0 Å². The number of piperazine rings is 1. The van der Waals surface area contributed by atoms with E-state index in [2.05, 4.69) is 17.1 Å². The lowest BCUT2D eigenvalue weighted by atomic mass is 10.1. The molecule has 0 saturated carbocycles. The lowest BCUT2D eigenvalue weighted by molar-refractivity contribution is 0.1000. The van der Waals surface area contributed by atoms with Gasteiger partial charge in [-0.2, -0.15) is 0 Å². The molecular formula is C12H16FN3O. The highest BCUT2D eigenvalue weighted by Gasteiger charge is 2.20. The monoisotopic (exact) mass is 237 g/mol. The Labute approximate surface area is 99.6 Å². The predicted molar refractivity (Wildman–Crippen MR) is 64.6 cm³/mol. The predicted octanol–water partition coefficient (Wildman–Crippen LogP) is 0.723.